The third kappa shape index (κ3) is 22.5. The first-order valence-electron chi connectivity index (χ1n) is 10.4. The summed E-state index contributed by atoms with van der Waals surface area (Å²) in [5, 5.41) is 8.49. The smallest absolute Gasteiger partial charge is 0.305 e. The highest BCUT2D eigenvalue weighted by Crippen LogP contribution is 2.01. The van der Waals surface area contributed by atoms with E-state index in [9.17, 15) is 14.4 Å². The third-order valence-corrected chi connectivity index (χ3v) is 3.57. The van der Waals surface area contributed by atoms with E-state index in [2.05, 4.69) is 0 Å². The number of esters is 2. The van der Waals surface area contributed by atoms with Crippen LogP contribution >= 0.6 is 0 Å². The Bertz CT molecular complexity index is 441. The van der Waals surface area contributed by atoms with Crippen molar-refractivity contribution in [3.05, 3.63) is 0 Å². The minimum absolute atomic E-state index is 0.0625. The lowest BCUT2D eigenvalue weighted by Gasteiger charge is -2.08. The van der Waals surface area contributed by atoms with E-state index in [0.717, 1.165) is 6.42 Å². The molecule has 0 aliphatic carbocycles. The van der Waals surface area contributed by atoms with Crippen LogP contribution in [0.25, 0.3) is 0 Å². The molecule has 0 saturated heterocycles. The molecule has 30 heavy (non-hydrogen) atoms. The molecule has 0 aliphatic heterocycles. The predicted molar refractivity (Wildman–Crippen MR) is 106 cm³/mol. The van der Waals surface area contributed by atoms with Crippen molar-refractivity contribution < 1.29 is 47.9 Å². The van der Waals surface area contributed by atoms with Gasteiger partial charge in [-0.05, 0) is 19.3 Å². The number of unbranched alkanes of at least 4 members (excludes halogenated alkanes) is 1. The second kappa shape index (κ2) is 21.9. The zero-order valence-electron chi connectivity index (χ0n) is 17.9. The zero-order valence-corrected chi connectivity index (χ0v) is 17.9. The summed E-state index contributed by atoms with van der Waals surface area (Å²) < 4.78 is 31.1. The van der Waals surface area contributed by atoms with E-state index in [-0.39, 0.29) is 44.6 Å². The van der Waals surface area contributed by atoms with E-state index in [0.29, 0.717) is 65.5 Å². The number of carbonyl (C=O) groups excluding carboxylic acids is 2. The number of ether oxygens (including phenoxy) is 6. The molecule has 0 aromatic carbocycles. The van der Waals surface area contributed by atoms with Crippen LogP contribution in [0.1, 0.15) is 45.4 Å². The van der Waals surface area contributed by atoms with E-state index in [1.54, 1.807) is 0 Å². The average molecular weight is 436 g/mol. The molecule has 0 saturated carbocycles. The zero-order chi connectivity index (χ0) is 22.3. The van der Waals surface area contributed by atoms with Crippen LogP contribution in [0.3, 0.4) is 0 Å². The van der Waals surface area contributed by atoms with Crippen LogP contribution in [0.15, 0.2) is 0 Å². The Hall–Kier alpha value is -1.75. The minimum Gasteiger partial charge on any atom is -0.481 e. The molecule has 0 aromatic heterocycles. The van der Waals surface area contributed by atoms with Crippen LogP contribution in [-0.4, -0.2) is 89.1 Å². The van der Waals surface area contributed by atoms with Crippen LogP contribution in [0.5, 0.6) is 0 Å². The fourth-order valence-corrected chi connectivity index (χ4v) is 2.08. The van der Waals surface area contributed by atoms with Crippen molar-refractivity contribution in [2.75, 3.05) is 66.1 Å². The summed E-state index contributed by atoms with van der Waals surface area (Å²) in [6.07, 6.45) is 2.45. The van der Waals surface area contributed by atoms with Gasteiger partial charge in [0.15, 0.2) is 0 Å². The molecule has 0 heterocycles. The van der Waals surface area contributed by atoms with Gasteiger partial charge in [0.25, 0.3) is 0 Å². The van der Waals surface area contributed by atoms with Crippen molar-refractivity contribution in [2.45, 2.75) is 45.4 Å². The molecule has 0 rings (SSSR count). The molecule has 0 aliphatic rings. The monoisotopic (exact) mass is 436 g/mol. The van der Waals surface area contributed by atoms with Crippen LogP contribution < -0.4 is 0 Å². The minimum atomic E-state index is -0.863. The summed E-state index contributed by atoms with van der Waals surface area (Å²) in [4.78, 5) is 32.8. The number of carbonyl (C=O) groups is 3. The highest BCUT2D eigenvalue weighted by molar-refractivity contribution is 5.70. The van der Waals surface area contributed by atoms with Gasteiger partial charge in [-0.1, -0.05) is 6.92 Å². The van der Waals surface area contributed by atoms with Gasteiger partial charge in [-0.3, -0.25) is 14.4 Å². The molecule has 1 N–H and O–H groups in total. The van der Waals surface area contributed by atoms with Crippen molar-refractivity contribution in [2.24, 2.45) is 0 Å². The van der Waals surface area contributed by atoms with E-state index in [1.165, 1.54) is 0 Å². The number of rotatable bonds is 22. The van der Waals surface area contributed by atoms with Gasteiger partial charge in [-0.2, -0.15) is 0 Å². The summed E-state index contributed by atoms with van der Waals surface area (Å²) in [6.45, 7) is 5.51. The molecule has 0 bridgehead atoms. The lowest BCUT2D eigenvalue weighted by molar-refractivity contribution is -0.146. The maximum Gasteiger partial charge on any atom is 0.305 e. The number of hydrogen-bond donors (Lipinski definition) is 1. The first kappa shape index (κ1) is 28.2. The van der Waals surface area contributed by atoms with Gasteiger partial charge >= 0.3 is 17.9 Å². The molecule has 176 valence electrons. The highest BCUT2D eigenvalue weighted by Gasteiger charge is 2.04. The number of carboxylic acids is 1. The van der Waals surface area contributed by atoms with Gasteiger partial charge < -0.3 is 33.5 Å². The first-order valence-corrected chi connectivity index (χ1v) is 10.4. The summed E-state index contributed by atoms with van der Waals surface area (Å²) in [5.74, 6) is -1.42. The van der Waals surface area contributed by atoms with E-state index in [4.69, 9.17) is 33.5 Å². The molecule has 0 spiro atoms. The Morgan fingerprint density at radius 1 is 0.567 bits per heavy atom. The Morgan fingerprint density at radius 2 is 0.933 bits per heavy atom. The van der Waals surface area contributed by atoms with Gasteiger partial charge in [0, 0.05) is 19.3 Å². The molecule has 0 unspecified atom stereocenters. The Balaban J connectivity index is 3.16. The van der Waals surface area contributed by atoms with Crippen molar-refractivity contribution in [3.63, 3.8) is 0 Å². The lowest BCUT2D eigenvalue weighted by Crippen LogP contribution is -2.15. The molecular weight excluding hydrogens is 400 g/mol. The maximum atomic E-state index is 11.4. The van der Waals surface area contributed by atoms with Crippen molar-refractivity contribution in [1.82, 2.24) is 0 Å². The van der Waals surface area contributed by atoms with Gasteiger partial charge in [0.2, 0.25) is 0 Å². The largest absolute Gasteiger partial charge is 0.481 e. The quantitative estimate of drug-likeness (QED) is 0.197. The van der Waals surface area contributed by atoms with Crippen LogP contribution in [0.2, 0.25) is 0 Å². The molecule has 10 nitrogen and oxygen atoms in total. The fourth-order valence-electron chi connectivity index (χ4n) is 2.08. The second-order valence-electron chi connectivity index (χ2n) is 6.24. The van der Waals surface area contributed by atoms with Crippen LogP contribution in [-0.2, 0) is 42.8 Å². The van der Waals surface area contributed by atoms with Gasteiger partial charge in [0.05, 0.1) is 52.9 Å². The van der Waals surface area contributed by atoms with E-state index in [1.807, 2.05) is 6.92 Å². The molecule has 10 heteroatoms. The molecular formula is C20H36O10. The van der Waals surface area contributed by atoms with Crippen molar-refractivity contribution in [1.29, 1.82) is 0 Å². The summed E-state index contributed by atoms with van der Waals surface area (Å²) in [6, 6.07) is 0. The summed E-state index contributed by atoms with van der Waals surface area (Å²) >= 11 is 0. The van der Waals surface area contributed by atoms with E-state index >= 15 is 0 Å². The second-order valence-corrected chi connectivity index (χ2v) is 6.24. The first-order chi connectivity index (χ1) is 14.6. The van der Waals surface area contributed by atoms with Crippen molar-refractivity contribution >= 4 is 17.9 Å². The van der Waals surface area contributed by atoms with Gasteiger partial charge in [0.1, 0.15) is 13.2 Å². The van der Waals surface area contributed by atoms with Crippen LogP contribution in [0.4, 0.5) is 0 Å². The average Bonchev–Trinajstić information content (AvgIpc) is 2.71. The van der Waals surface area contributed by atoms with E-state index < -0.39 is 5.97 Å². The molecule has 0 amide bonds. The highest BCUT2D eigenvalue weighted by atomic mass is 16.6. The Kier molecular flexibility index (Phi) is 20.7. The summed E-state index contributed by atoms with van der Waals surface area (Å²) in [7, 11) is 0. The number of carboxylic acid groups (broad SMARTS) is 1. The Labute approximate surface area is 178 Å². The molecule has 0 fully saturated rings. The van der Waals surface area contributed by atoms with Crippen LogP contribution in [0, 0.1) is 0 Å². The maximum absolute atomic E-state index is 11.4. The normalized spacial score (nSPS) is 10.7. The van der Waals surface area contributed by atoms with Gasteiger partial charge in [-0.25, -0.2) is 0 Å². The lowest BCUT2D eigenvalue weighted by atomic mass is 10.2. The topological polar surface area (TPSA) is 127 Å². The SMILES string of the molecule is CCCC(=O)OCCOCCOCCOCCOCCOC(=O)CCCCC(=O)O. The number of hydrogen-bond acceptors (Lipinski definition) is 9. The summed E-state index contributed by atoms with van der Waals surface area (Å²) in [5.41, 5.74) is 0. The number of aliphatic carboxylic acids is 1. The Morgan fingerprint density at radius 3 is 1.33 bits per heavy atom. The molecule has 0 radical (unpaired) electrons. The van der Waals surface area contributed by atoms with Gasteiger partial charge in [-0.15, -0.1) is 0 Å². The van der Waals surface area contributed by atoms with Crippen molar-refractivity contribution in [3.8, 4) is 0 Å². The predicted octanol–water partition coefficient (Wildman–Crippen LogP) is 1.58. The standard InChI is InChI=1S/C20H36O10/c1-2-5-19(23)29-16-14-27-12-10-25-8-9-26-11-13-28-15-17-30-20(24)7-4-3-6-18(21)22/h2-17H2,1H3,(H,21,22). The third-order valence-electron chi connectivity index (χ3n) is 3.57. The fraction of sp³-hybridized carbons (Fsp3) is 0.850. The molecule has 0 aromatic rings. The molecule has 0 atom stereocenters.